The molecule has 1 aromatic carbocycles. The van der Waals surface area contributed by atoms with Crippen LogP contribution in [0.3, 0.4) is 0 Å². The molecule has 0 unspecified atom stereocenters. The lowest BCUT2D eigenvalue weighted by Gasteiger charge is -2.06. The minimum absolute atomic E-state index is 0.00664. The second-order valence-corrected chi connectivity index (χ2v) is 4.21. The Morgan fingerprint density at radius 1 is 1.16 bits per heavy atom. The van der Waals surface area contributed by atoms with E-state index in [0.29, 0.717) is 0 Å². The van der Waals surface area contributed by atoms with Gasteiger partial charge in [-0.2, -0.15) is 0 Å². The molecule has 0 heterocycles. The summed E-state index contributed by atoms with van der Waals surface area (Å²) in [4.78, 5) is 22.9. The van der Waals surface area contributed by atoms with Crippen LogP contribution in [0, 0.1) is 0 Å². The van der Waals surface area contributed by atoms with Crippen molar-refractivity contribution >= 4 is 41.2 Å². The molecule has 7 heteroatoms. The van der Waals surface area contributed by atoms with Crippen molar-refractivity contribution in [2.45, 2.75) is 0 Å². The van der Waals surface area contributed by atoms with Crippen molar-refractivity contribution in [2.75, 3.05) is 14.2 Å². The fourth-order valence-corrected chi connectivity index (χ4v) is 1.78. The zero-order valence-electron chi connectivity index (χ0n) is 10.1. The number of rotatable bonds is 3. The van der Waals surface area contributed by atoms with Gasteiger partial charge in [0, 0.05) is 10.6 Å². The van der Waals surface area contributed by atoms with Crippen molar-refractivity contribution in [3.63, 3.8) is 0 Å². The molecular weight excluding hydrogens is 295 g/mol. The highest BCUT2D eigenvalue weighted by Gasteiger charge is 2.21. The van der Waals surface area contributed by atoms with Crippen molar-refractivity contribution in [1.29, 1.82) is 0 Å². The summed E-state index contributed by atoms with van der Waals surface area (Å²) in [5, 5.41) is 9.97. The number of methoxy groups -OCH3 is 2. The average molecular weight is 305 g/mol. The van der Waals surface area contributed by atoms with E-state index < -0.39 is 17.5 Å². The lowest BCUT2D eigenvalue weighted by Crippen LogP contribution is -2.15. The molecular formula is C12H10Cl2O5. The van der Waals surface area contributed by atoms with Crippen LogP contribution in [0.2, 0.25) is 10.0 Å². The largest absolute Gasteiger partial charge is 0.506 e. The van der Waals surface area contributed by atoms with Gasteiger partial charge in [0.25, 0.3) is 0 Å². The Kier molecular flexibility index (Phi) is 5.20. The van der Waals surface area contributed by atoms with Crippen molar-refractivity contribution < 1.29 is 24.2 Å². The van der Waals surface area contributed by atoms with Crippen molar-refractivity contribution in [3.8, 4) is 5.75 Å². The molecule has 1 N–H and O–H groups in total. The minimum Gasteiger partial charge on any atom is -0.506 e. The summed E-state index contributed by atoms with van der Waals surface area (Å²) in [7, 11) is 2.23. The highest BCUT2D eigenvalue weighted by molar-refractivity contribution is 6.36. The van der Waals surface area contributed by atoms with Gasteiger partial charge in [-0.1, -0.05) is 23.2 Å². The first-order valence-electron chi connectivity index (χ1n) is 4.97. The number of phenols is 1. The number of aromatic hydroxyl groups is 1. The summed E-state index contributed by atoms with van der Waals surface area (Å²) in [6, 6.07) is 2.67. The van der Waals surface area contributed by atoms with Crippen LogP contribution in [-0.4, -0.2) is 31.3 Å². The molecule has 102 valence electrons. The zero-order chi connectivity index (χ0) is 14.6. The number of ether oxygens (including phenoxy) is 2. The Morgan fingerprint density at radius 2 is 1.68 bits per heavy atom. The van der Waals surface area contributed by atoms with E-state index in [9.17, 15) is 14.7 Å². The van der Waals surface area contributed by atoms with E-state index >= 15 is 0 Å². The van der Waals surface area contributed by atoms with Crippen molar-refractivity contribution in [2.24, 2.45) is 0 Å². The summed E-state index contributed by atoms with van der Waals surface area (Å²) in [6.45, 7) is 0. The molecule has 0 aliphatic rings. The van der Waals surface area contributed by atoms with Gasteiger partial charge < -0.3 is 14.6 Å². The summed E-state index contributed by atoms with van der Waals surface area (Å²) >= 11 is 11.5. The molecule has 0 radical (unpaired) electrons. The monoisotopic (exact) mass is 304 g/mol. The maximum atomic E-state index is 11.5. The van der Waals surface area contributed by atoms with Crippen LogP contribution in [0.15, 0.2) is 17.7 Å². The second-order valence-electron chi connectivity index (χ2n) is 3.37. The molecule has 1 aromatic rings. The van der Waals surface area contributed by atoms with Gasteiger partial charge in [0.05, 0.1) is 19.2 Å². The van der Waals surface area contributed by atoms with E-state index in [1.807, 2.05) is 0 Å². The molecule has 0 aliphatic heterocycles. The van der Waals surface area contributed by atoms with Gasteiger partial charge in [-0.3, -0.25) is 0 Å². The SMILES string of the molecule is COC(=O)C(=Cc1cc(Cl)cc(Cl)c1O)C(=O)OC. The first-order valence-corrected chi connectivity index (χ1v) is 5.72. The number of halogens is 2. The van der Waals surface area contributed by atoms with Crippen LogP contribution >= 0.6 is 23.2 Å². The number of esters is 2. The maximum absolute atomic E-state index is 11.5. The van der Waals surface area contributed by atoms with Gasteiger partial charge >= 0.3 is 11.9 Å². The Hall–Kier alpha value is -1.72. The highest BCUT2D eigenvalue weighted by Crippen LogP contribution is 2.32. The van der Waals surface area contributed by atoms with Gasteiger partial charge in [0.2, 0.25) is 0 Å². The van der Waals surface area contributed by atoms with Crippen LogP contribution in [0.5, 0.6) is 5.75 Å². The number of phenolic OH excluding ortho intramolecular Hbond substituents is 1. The minimum atomic E-state index is -0.901. The van der Waals surface area contributed by atoms with E-state index in [0.717, 1.165) is 20.3 Å². The predicted octanol–water partition coefficient (Wildman–Crippen LogP) is 2.43. The fraction of sp³-hybridized carbons (Fsp3) is 0.167. The van der Waals surface area contributed by atoms with Crippen LogP contribution in [0.25, 0.3) is 6.08 Å². The Labute approximate surface area is 119 Å². The Balaban J connectivity index is 3.37. The van der Waals surface area contributed by atoms with Gasteiger partial charge in [-0.05, 0) is 18.2 Å². The van der Waals surface area contributed by atoms with Gasteiger partial charge in [-0.25, -0.2) is 9.59 Å². The van der Waals surface area contributed by atoms with Crippen molar-refractivity contribution in [1.82, 2.24) is 0 Å². The van der Waals surface area contributed by atoms with Gasteiger partial charge in [0.1, 0.15) is 11.3 Å². The Morgan fingerprint density at radius 3 is 2.16 bits per heavy atom. The smallest absolute Gasteiger partial charge is 0.345 e. The lowest BCUT2D eigenvalue weighted by molar-refractivity contribution is -0.143. The average Bonchev–Trinajstić information content (AvgIpc) is 2.39. The standard InChI is InChI=1S/C12H10Cl2O5/c1-18-11(16)8(12(17)19-2)4-6-3-7(13)5-9(14)10(6)15/h3-5,15H,1-2H3. The maximum Gasteiger partial charge on any atom is 0.345 e. The summed E-state index contributed by atoms with van der Waals surface area (Å²) in [5.41, 5.74) is -0.290. The van der Waals surface area contributed by atoms with Crippen LogP contribution in [0.4, 0.5) is 0 Å². The quantitative estimate of drug-likeness (QED) is 0.402. The number of benzene rings is 1. The van der Waals surface area contributed by atoms with Gasteiger partial charge in [0.15, 0.2) is 0 Å². The molecule has 0 amide bonds. The molecule has 0 saturated carbocycles. The summed E-state index contributed by atoms with van der Waals surface area (Å²) in [5.74, 6) is -2.11. The number of hydrogen-bond acceptors (Lipinski definition) is 5. The topological polar surface area (TPSA) is 72.8 Å². The third-order valence-electron chi connectivity index (χ3n) is 2.17. The molecule has 0 atom stereocenters. The van der Waals surface area contributed by atoms with Gasteiger partial charge in [-0.15, -0.1) is 0 Å². The van der Waals surface area contributed by atoms with E-state index in [1.54, 1.807) is 0 Å². The first-order chi connectivity index (χ1) is 8.90. The molecule has 19 heavy (non-hydrogen) atoms. The molecule has 0 aromatic heterocycles. The first kappa shape index (κ1) is 15.3. The number of carbonyl (C=O) groups excluding carboxylic acids is 2. The molecule has 0 bridgehead atoms. The number of hydrogen-bond donors (Lipinski definition) is 1. The van der Waals surface area contributed by atoms with E-state index in [2.05, 4.69) is 9.47 Å². The highest BCUT2D eigenvalue weighted by atomic mass is 35.5. The fourth-order valence-electron chi connectivity index (χ4n) is 1.27. The van der Waals surface area contributed by atoms with E-state index in [-0.39, 0.29) is 21.4 Å². The predicted molar refractivity (Wildman–Crippen MR) is 70.1 cm³/mol. The molecule has 1 rings (SSSR count). The molecule has 0 aliphatic carbocycles. The third kappa shape index (κ3) is 3.62. The van der Waals surface area contributed by atoms with Crippen LogP contribution in [0.1, 0.15) is 5.56 Å². The Bertz CT molecular complexity index is 533. The summed E-state index contributed by atoms with van der Waals surface area (Å²) < 4.78 is 8.90. The lowest BCUT2D eigenvalue weighted by atomic mass is 10.1. The second kappa shape index (κ2) is 6.45. The normalized spacial score (nSPS) is 9.68. The van der Waals surface area contributed by atoms with E-state index in [4.69, 9.17) is 23.2 Å². The van der Waals surface area contributed by atoms with Crippen LogP contribution < -0.4 is 0 Å². The summed E-state index contributed by atoms with van der Waals surface area (Å²) in [6.07, 6.45) is 1.09. The van der Waals surface area contributed by atoms with Crippen LogP contribution in [-0.2, 0) is 19.1 Å². The molecule has 0 saturated heterocycles. The molecule has 5 nitrogen and oxygen atoms in total. The van der Waals surface area contributed by atoms with E-state index in [1.165, 1.54) is 12.1 Å². The molecule has 0 spiro atoms. The van der Waals surface area contributed by atoms with Crippen molar-refractivity contribution in [3.05, 3.63) is 33.3 Å². The molecule has 0 fully saturated rings. The number of carbonyl (C=O) groups is 2. The zero-order valence-corrected chi connectivity index (χ0v) is 11.6. The third-order valence-corrected chi connectivity index (χ3v) is 2.67.